The summed E-state index contributed by atoms with van der Waals surface area (Å²) < 4.78 is 5.40. The van der Waals surface area contributed by atoms with Gasteiger partial charge in [0.15, 0.2) is 6.61 Å². The van der Waals surface area contributed by atoms with Crippen LogP contribution in [0, 0.1) is 0 Å². The van der Waals surface area contributed by atoms with E-state index >= 15 is 0 Å². The summed E-state index contributed by atoms with van der Waals surface area (Å²) in [7, 11) is 0. The highest BCUT2D eigenvalue weighted by Crippen LogP contribution is 2.30. The van der Waals surface area contributed by atoms with Gasteiger partial charge in [0, 0.05) is 18.2 Å². The summed E-state index contributed by atoms with van der Waals surface area (Å²) in [6.45, 7) is 2.75. The van der Waals surface area contributed by atoms with Gasteiger partial charge in [0.05, 0.1) is 5.69 Å². The lowest BCUT2D eigenvalue weighted by Gasteiger charge is -2.33. The molecule has 0 spiro atoms. The van der Waals surface area contributed by atoms with E-state index in [0.717, 1.165) is 19.4 Å². The monoisotopic (exact) mass is 302 g/mol. The predicted molar refractivity (Wildman–Crippen MR) is 84.2 cm³/mol. The average Bonchev–Trinajstić information content (AvgIpc) is 2.56. The molecule has 22 heavy (non-hydrogen) atoms. The molecular formula is C17H22N2O3. The van der Waals surface area contributed by atoms with Crippen LogP contribution in [0.4, 0.5) is 5.69 Å². The first kappa shape index (κ1) is 14.9. The molecule has 1 aliphatic heterocycles. The Morgan fingerprint density at radius 1 is 1.32 bits per heavy atom. The molecule has 1 aromatic rings. The largest absolute Gasteiger partial charge is 0.482 e. The van der Waals surface area contributed by atoms with Crippen LogP contribution in [0.5, 0.6) is 5.75 Å². The third-order valence-corrected chi connectivity index (χ3v) is 4.48. The van der Waals surface area contributed by atoms with E-state index in [9.17, 15) is 9.59 Å². The molecule has 1 heterocycles. The lowest BCUT2D eigenvalue weighted by molar-refractivity contribution is -0.118. The van der Waals surface area contributed by atoms with Crippen LogP contribution in [0.2, 0.25) is 0 Å². The van der Waals surface area contributed by atoms with Crippen molar-refractivity contribution in [1.82, 2.24) is 4.90 Å². The van der Waals surface area contributed by atoms with Crippen molar-refractivity contribution in [2.75, 3.05) is 18.5 Å². The van der Waals surface area contributed by atoms with Crippen LogP contribution < -0.4 is 10.1 Å². The highest BCUT2D eigenvalue weighted by molar-refractivity contribution is 5.99. The summed E-state index contributed by atoms with van der Waals surface area (Å²) >= 11 is 0. The first-order chi connectivity index (χ1) is 10.7. The second-order valence-corrected chi connectivity index (χ2v) is 5.93. The SMILES string of the molecule is CCN(C(=O)c1ccc2c(c1)OCC(=O)N2)C1CCCCC1. The van der Waals surface area contributed by atoms with E-state index in [1.807, 2.05) is 11.8 Å². The molecule has 1 aliphatic carbocycles. The summed E-state index contributed by atoms with van der Waals surface area (Å²) in [6, 6.07) is 5.60. The molecule has 2 aliphatic rings. The fraction of sp³-hybridized carbons (Fsp3) is 0.529. The zero-order valence-electron chi connectivity index (χ0n) is 12.9. The zero-order valence-corrected chi connectivity index (χ0v) is 12.9. The maximum absolute atomic E-state index is 12.8. The molecule has 5 heteroatoms. The average molecular weight is 302 g/mol. The quantitative estimate of drug-likeness (QED) is 0.934. The zero-order chi connectivity index (χ0) is 15.5. The first-order valence-corrected chi connectivity index (χ1v) is 8.06. The van der Waals surface area contributed by atoms with Crippen LogP contribution in [-0.2, 0) is 4.79 Å². The van der Waals surface area contributed by atoms with E-state index in [2.05, 4.69) is 5.32 Å². The number of rotatable bonds is 3. The van der Waals surface area contributed by atoms with Gasteiger partial charge in [-0.15, -0.1) is 0 Å². The second kappa shape index (κ2) is 6.38. The Bertz CT molecular complexity index is 579. The number of hydrogen-bond donors (Lipinski definition) is 1. The minimum absolute atomic E-state index is 0.00472. The molecule has 0 radical (unpaired) electrons. The van der Waals surface area contributed by atoms with Crippen molar-refractivity contribution in [1.29, 1.82) is 0 Å². The smallest absolute Gasteiger partial charge is 0.262 e. The van der Waals surface area contributed by atoms with Crippen LogP contribution in [0.3, 0.4) is 0 Å². The van der Waals surface area contributed by atoms with Crippen LogP contribution in [0.25, 0.3) is 0 Å². The molecule has 1 saturated carbocycles. The number of amides is 2. The lowest BCUT2D eigenvalue weighted by Crippen LogP contribution is -2.41. The van der Waals surface area contributed by atoms with Gasteiger partial charge < -0.3 is 15.0 Å². The molecule has 1 aromatic carbocycles. The van der Waals surface area contributed by atoms with Crippen LogP contribution in [-0.4, -0.2) is 35.9 Å². The van der Waals surface area contributed by atoms with Gasteiger partial charge in [-0.1, -0.05) is 19.3 Å². The Kier molecular flexibility index (Phi) is 4.32. The standard InChI is InChI=1S/C17H22N2O3/c1-2-19(13-6-4-3-5-7-13)17(21)12-8-9-14-15(10-12)22-11-16(20)18-14/h8-10,13H,2-7,11H2,1H3,(H,18,20). The summed E-state index contributed by atoms with van der Waals surface area (Å²) in [5.41, 5.74) is 1.26. The van der Waals surface area contributed by atoms with Crippen LogP contribution >= 0.6 is 0 Å². The highest BCUT2D eigenvalue weighted by Gasteiger charge is 2.26. The van der Waals surface area contributed by atoms with E-state index in [4.69, 9.17) is 4.74 Å². The predicted octanol–water partition coefficient (Wildman–Crippen LogP) is 2.81. The third kappa shape index (κ3) is 2.93. The van der Waals surface area contributed by atoms with Crippen molar-refractivity contribution < 1.29 is 14.3 Å². The number of fused-ring (bicyclic) bond motifs is 1. The summed E-state index contributed by atoms with van der Waals surface area (Å²) in [5.74, 6) is 0.465. The van der Waals surface area contributed by atoms with Crippen molar-refractivity contribution in [3.8, 4) is 5.75 Å². The van der Waals surface area contributed by atoms with Crippen LogP contribution in [0.15, 0.2) is 18.2 Å². The molecule has 3 rings (SSSR count). The topological polar surface area (TPSA) is 58.6 Å². The summed E-state index contributed by atoms with van der Waals surface area (Å²) in [4.78, 5) is 26.1. The second-order valence-electron chi connectivity index (χ2n) is 5.93. The Hall–Kier alpha value is -2.04. The molecule has 0 atom stereocenters. The number of nitrogens with one attached hydrogen (secondary N) is 1. The van der Waals surface area contributed by atoms with Crippen molar-refractivity contribution in [3.05, 3.63) is 23.8 Å². The molecule has 5 nitrogen and oxygen atoms in total. The molecule has 0 unspecified atom stereocenters. The number of ether oxygens (including phenoxy) is 1. The van der Waals surface area contributed by atoms with Gasteiger partial charge in [-0.2, -0.15) is 0 Å². The van der Waals surface area contributed by atoms with Gasteiger partial charge in [-0.25, -0.2) is 0 Å². The Labute approximate surface area is 130 Å². The Morgan fingerprint density at radius 3 is 2.82 bits per heavy atom. The molecule has 0 bridgehead atoms. The Morgan fingerprint density at radius 2 is 2.09 bits per heavy atom. The molecule has 0 aromatic heterocycles. The van der Waals surface area contributed by atoms with Gasteiger partial charge in [0.25, 0.3) is 11.8 Å². The number of hydrogen-bond acceptors (Lipinski definition) is 3. The van der Waals surface area contributed by atoms with Gasteiger partial charge in [-0.3, -0.25) is 9.59 Å². The molecule has 118 valence electrons. The van der Waals surface area contributed by atoms with E-state index in [-0.39, 0.29) is 18.4 Å². The highest BCUT2D eigenvalue weighted by atomic mass is 16.5. The van der Waals surface area contributed by atoms with E-state index in [0.29, 0.717) is 23.0 Å². The Balaban J connectivity index is 1.80. The minimum atomic E-state index is -0.163. The first-order valence-electron chi connectivity index (χ1n) is 8.06. The fourth-order valence-electron chi connectivity index (χ4n) is 3.33. The van der Waals surface area contributed by atoms with E-state index < -0.39 is 0 Å². The summed E-state index contributed by atoms with van der Waals surface area (Å²) in [5, 5.41) is 2.74. The van der Waals surface area contributed by atoms with E-state index in [1.165, 1.54) is 19.3 Å². The maximum atomic E-state index is 12.8. The van der Waals surface area contributed by atoms with Gasteiger partial charge in [0.1, 0.15) is 5.75 Å². The van der Waals surface area contributed by atoms with Crippen LogP contribution in [0.1, 0.15) is 49.4 Å². The third-order valence-electron chi connectivity index (χ3n) is 4.48. The van der Waals surface area contributed by atoms with Crippen molar-refractivity contribution in [2.24, 2.45) is 0 Å². The molecule has 0 saturated heterocycles. The minimum Gasteiger partial charge on any atom is -0.482 e. The number of nitrogens with zero attached hydrogens (tertiary/aromatic N) is 1. The number of anilines is 1. The van der Waals surface area contributed by atoms with Gasteiger partial charge >= 0.3 is 0 Å². The molecular weight excluding hydrogens is 280 g/mol. The van der Waals surface area contributed by atoms with Crippen molar-refractivity contribution in [2.45, 2.75) is 45.1 Å². The normalized spacial score (nSPS) is 18.1. The molecule has 1 fully saturated rings. The number of carbonyl (C=O) groups excluding carboxylic acids is 2. The fourth-order valence-corrected chi connectivity index (χ4v) is 3.33. The molecule has 1 N–H and O–H groups in total. The lowest BCUT2D eigenvalue weighted by atomic mass is 9.93. The number of carbonyl (C=O) groups is 2. The molecule has 2 amide bonds. The van der Waals surface area contributed by atoms with Crippen molar-refractivity contribution in [3.63, 3.8) is 0 Å². The van der Waals surface area contributed by atoms with E-state index in [1.54, 1.807) is 18.2 Å². The van der Waals surface area contributed by atoms with Gasteiger partial charge in [0.2, 0.25) is 0 Å². The maximum Gasteiger partial charge on any atom is 0.262 e. The van der Waals surface area contributed by atoms with Crippen molar-refractivity contribution >= 4 is 17.5 Å². The van der Waals surface area contributed by atoms with Gasteiger partial charge in [-0.05, 0) is 38.0 Å². The summed E-state index contributed by atoms with van der Waals surface area (Å²) in [6.07, 6.45) is 5.87. The number of benzene rings is 1.